The third-order valence-corrected chi connectivity index (χ3v) is 5.78. The van der Waals surface area contributed by atoms with Crippen LogP contribution in [0.2, 0.25) is 5.02 Å². The highest BCUT2D eigenvalue weighted by Gasteiger charge is 2.14. The van der Waals surface area contributed by atoms with Crippen molar-refractivity contribution in [3.05, 3.63) is 83.4 Å². The molecule has 3 nitrogen and oxygen atoms in total. The lowest BCUT2D eigenvalue weighted by molar-refractivity contribution is 0.952. The molecule has 0 aliphatic carbocycles. The van der Waals surface area contributed by atoms with Crippen LogP contribution in [0.25, 0.3) is 27.6 Å². The predicted molar refractivity (Wildman–Crippen MR) is 109 cm³/mol. The van der Waals surface area contributed by atoms with E-state index in [1.165, 1.54) is 0 Å². The van der Waals surface area contributed by atoms with Crippen LogP contribution < -0.4 is 0 Å². The summed E-state index contributed by atoms with van der Waals surface area (Å²) < 4.78 is 2.15. The molecule has 26 heavy (non-hydrogen) atoms. The number of thioether (sulfide) groups is 1. The zero-order valence-electron chi connectivity index (χ0n) is 13.8. The summed E-state index contributed by atoms with van der Waals surface area (Å²) >= 11 is 8.00. The highest BCUT2D eigenvalue weighted by molar-refractivity contribution is 7.98. The molecule has 126 valence electrons. The number of hydrogen-bond donors (Lipinski definition) is 0. The fourth-order valence-electron chi connectivity index (χ4n) is 3.17. The molecule has 0 aliphatic rings. The van der Waals surface area contributed by atoms with Gasteiger partial charge in [0.25, 0.3) is 0 Å². The van der Waals surface area contributed by atoms with Gasteiger partial charge in [0.2, 0.25) is 0 Å². The number of hydrogen-bond acceptors (Lipinski definition) is 3. The lowest BCUT2D eigenvalue weighted by Gasteiger charge is -2.09. The molecule has 0 aliphatic heterocycles. The molecule has 0 saturated heterocycles. The van der Waals surface area contributed by atoms with Crippen molar-refractivity contribution < 1.29 is 0 Å². The summed E-state index contributed by atoms with van der Waals surface area (Å²) in [5.41, 5.74) is 5.05. The van der Waals surface area contributed by atoms with Gasteiger partial charge in [0.05, 0.1) is 16.6 Å². The van der Waals surface area contributed by atoms with Crippen molar-refractivity contribution in [1.29, 1.82) is 0 Å². The summed E-state index contributed by atoms with van der Waals surface area (Å²) in [4.78, 5) is 9.77. The standard InChI is InChI=1S/C21H14ClN3S/c22-16-9-3-1-7-14(16)13-26-21-24-17-10-4-2-8-15(17)20-23-18-11-5-6-12-19(18)25(20)21/h1-12H,13H2. The van der Waals surface area contributed by atoms with E-state index in [-0.39, 0.29) is 0 Å². The van der Waals surface area contributed by atoms with Gasteiger partial charge in [0.15, 0.2) is 5.16 Å². The summed E-state index contributed by atoms with van der Waals surface area (Å²) in [6.07, 6.45) is 0. The molecule has 2 aromatic heterocycles. The van der Waals surface area contributed by atoms with Gasteiger partial charge in [-0.05, 0) is 35.9 Å². The number of aromatic nitrogens is 3. The van der Waals surface area contributed by atoms with Gasteiger partial charge in [-0.2, -0.15) is 0 Å². The van der Waals surface area contributed by atoms with Crippen LogP contribution in [0.3, 0.4) is 0 Å². The van der Waals surface area contributed by atoms with Crippen molar-refractivity contribution in [2.24, 2.45) is 0 Å². The van der Waals surface area contributed by atoms with Gasteiger partial charge in [0.1, 0.15) is 5.65 Å². The molecule has 0 unspecified atom stereocenters. The highest BCUT2D eigenvalue weighted by atomic mass is 35.5. The van der Waals surface area contributed by atoms with Gasteiger partial charge in [-0.3, -0.25) is 4.40 Å². The van der Waals surface area contributed by atoms with E-state index in [0.717, 1.165) is 49.1 Å². The third kappa shape index (κ3) is 2.54. The van der Waals surface area contributed by atoms with Gasteiger partial charge in [-0.25, -0.2) is 9.97 Å². The fourth-order valence-corrected chi connectivity index (χ4v) is 4.46. The lowest BCUT2D eigenvalue weighted by Crippen LogP contribution is -1.97. The average molecular weight is 376 g/mol. The first-order chi connectivity index (χ1) is 12.8. The first kappa shape index (κ1) is 15.7. The normalized spacial score (nSPS) is 11.6. The Balaban J connectivity index is 1.73. The fraction of sp³-hybridized carbons (Fsp3) is 0.0476. The molecule has 0 N–H and O–H groups in total. The molecule has 0 fully saturated rings. The topological polar surface area (TPSA) is 30.2 Å². The lowest BCUT2D eigenvalue weighted by atomic mass is 10.2. The van der Waals surface area contributed by atoms with E-state index in [1.54, 1.807) is 11.8 Å². The predicted octanol–water partition coefficient (Wildman–Crippen LogP) is 5.98. The van der Waals surface area contributed by atoms with Crippen molar-refractivity contribution in [3.63, 3.8) is 0 Å². The van der Waals surface area contributed by atoms with E-state index in [2.05, 4.69) is 22.6 Å². The molecule has 2 heterocycles. The molecule has 0 spiro atoms. The Morgan fingerprint density at radius 2 is 1.54 bits per heavy atom. The Bertz CT molecular complexity index is 1260. The Hall–Kier alpha value is -2.56. The van der Waals surface area contributed by atoms with E-state index in [9.17, 15) is 0 Å². The maximum atomic E-state index is 6.32. The second-order valence-corrected chi connectivity index (χ2v) is 7.40. The molecular weight excluding hydrogens is 362 g/mol. The monoisotopic (exact) mass is 375 g/mol. The van der Waals surface area contributed by atoms with E-state index in [1.807, 2.05) is 54.6 Å². The largest absolute Gasteiger partial charge is 0.271 e. The van der Waals surface area contributed by atoms with Crippen LogP contribution in [0.5, 0.6) is 0 Å². The minimum atomic E-state index is 0.757. The van der Waals surface area contributed by atoms with Crippen LogP contribution in [0, 0.1) is 0 Å². The van der Waals surface area contributed by atoms with Crippen molar-refractivity contribution in [2.45, 2.75) is 10.9 Å². The average Bonchev–Trinajstić information content (AvgIpc) is 3.07. The zero-order chi connectivity index (χ0) is 17.5. The van der Waals surface area contributed by atoms with E-state index in [4.69, 9.17) is 21.6 Å². The highest BCUT2D eigenvalue weighted by Crippen LogP contribution is 2.31. The molecule has 0 saturated carbocycles. The van der Waals surface area contributed by atoms with Crippen LogP contribution in [0.15, 0.2) is 78.0 Å². The number of nitrogens with zero attached hydrogens (tertiary/aromatic N) is 3. The van der Waals surface area contributed by atoms with Gasteiger partial charge in [-0.1, -0.05) is 65.8 Å². The summed E-state index contributed by atoms with van der Waals surface area (Å²) in [5.74, 6) is 0.757. The minimum Gasteiger partial charge on any atom is -0.271 e. The zero-order valence-corrected chi connectivity index (χ0v) is 15.3. The van der Waals surface area contributed by atoms with Crippen LogP contribution in [-0.4, -0.2) is 14.4 Å². The van der Waals surface area contributed by atoms with Crippen molar-refractivity contribution in [1.82, 2.24) is 14.4 Å². The number of benzene rings is 3. The van der Waals surface area contributed by atoms with Crippen molar-refractivity contribution in [3.8, 4) is 0 Å². The number of halogens is 1. The first-order valence-corrected chi connectivity index (χ1v) is 9.70. The molecule has 0 radical (unpaired) electrons. The van der Waals surface area contributed by atoms with Gasteiger partial charge in [-0.15, -0.1) is 0 Å². The maximum absolute atomic E-state index is 6.32. The Morgan fingerprint density at radius 1 is 0.808 bits per heavy atom. The molecule has 0 amide bonds. The van der Waals surface area contributed by atoms with Gasteiger partial charge >= 0.3 is 0 Å². The van der Waals surface area contributed by atoms with Crippen LogP contribution in [-0.2, 0) is 5.75 Å². The van der Waals surface area contributed by atoms with Crippen LogP contribution in [0.4, 0.5) is 0 Å². The molecule has 3 aromatic carbocycles. The van der Waals surface area contributed by atoms with Crippen molar-refractivity contribution >= 4 is 50.9 Å². The number of imidazole rings is 1. The first-order valence-electron chi connectivity index (χ1n) is 8.33. The minimum absolute atomic E-state index is 0.757. The SMILES string of the molecule is Clc1ccccc1CSc1nc2ccccc2c2nc3ccccc3n12. The van der Waals surface area contributed by atoms with Gasteiger partial charge < -0.3 is 0 Å². The van der Waals surface area contributed by atoms with E-state index >= 15 is 0 Å². The quantitative estimate of drug-likeness (QED) is 0.287. The number of para-hydroxylation sites is 3. The summed E-state index contributed by atoms with van der Waals surface area (Å²) in [6.45, 7) is 0. The molecule has 0 atom stereocenters. The molecule has 5 heteroatoms. The van der Waals surface area contributed by atoms with Crippen LogP contribution in [0.1, 0.15) is 5.56 Å². The Morgan fingerprint density at radius 3 is 2.42 bits per heavy atom. The molecule has 0 bridgehead atoms. The molecular formula is C21H14ClN3S. The summed E-state index contributed by atoms with van der Waals surface area (Å²) in [5, 5.41) is 2.77. The number of rotatable bonds is 3. The maximum Gasteiger partial charge on any atom is 0.175 e. The summed E-state index contributed by atoms with van der Waals surface area (Å²) in [7, 11) is 0. The Labute approximate surface area is 159 Å². The second-order valence-electron chi connectivity index (χ2n) is 6.05. The second kappa shape index (κ2) is 6.31. The Kier molecular flexibility index (Phi) is 3.80. The van der Waals surface area contributed by atoms with Crippen LogP contribution >= 0.6 is 23.4 Å². The molecule has 5 aromatic rings. The smallest absolute Gasteiger partial charge is 0.175 e. The third-order valence-electron chi connectivity index (χ3n) is 4.43. The summed E-state index contributed by atoms with van der Waals surface area (Å²) in [6, 6.07) is 24.3. The molecule has 5 rings (SSSR count). The van der Waals surface area contributed by atoms with E-state index < -0.39 is 0 Å². The van der Waals surface area contributed by atoms with E-state index in [0.29, 0.717) is 0 Å². The van der Waals surface area contributed by atoms with Gasteiger partial charge in [0, 0.05) is 16.2 Å². The van der Waals surface area contributed by atoms with Crippen molar-refractivity contribution in [2.75, 3.05) is 0 Å². The number of fused-ring (bicyclic) bond motifs is 5.